The van der Waals surface area contributed by atoms with Crippen LogP contribution in [0.4, 0.5) is 5.82 Å². The minimum absolute atomic E-state index is 0.242. The second-order valence-electron chi connectivity index (χ2n) is 5.63. The Labute approximate surface area is 125 Å². The maximum Gasteiger partial charge on any atom is 0.154 e. The Balaban J connectivity index is 1.77. The van der Waals surface area contributed by atoms with E-state index in [-0.39, 0.29) is 12.6 Å². The van der Waals surface area contributed by atoms with Gasteiger partial charge in [-0.3, -0.25) is 4.90 Å². The van der Waals surface area contributed by atoms with Crippen LogP contribution in [0.25, 0.3) is 5.52 Å². The SMILES string of the molecule is CCC(CO)N1CCN(c2nccn3nc(C)cc23)CC1. The van der Waals surface area contributed by atoms with Crippen LogP contribution in [0.3, 0.4) is 0 Å². The lowest BCUT2D eigenvalue weighted by Gasteiger charge is -2.39. The van der Waals surface area contributed by atoms with Gasteiger partial charge in [-0.1, -0.05) is 6.92 Å². The van der Waals surface area contributed by atoms with Gasteiger partial charge in [0.15, 0.2) is 5.82 Å². The van der Waals surface area contributed by atoms with E-state index in [1.165, 1.54) is 0 Å². The van der Waals surface area contributed by atoms with Gasteiger partial charge in [0.05, 0.1) is 12.3 Å². The molecule has 0 bridgehead atoms. The van der Waals surface area contributed by atoms with Crippen molar-refractivity contribution in [3.05, 3.63) is 24.2 Å². The van der Waals surface area contributed by atoms with Crippen LogP contribution in [0.1, 0.15) is 19.0 Å². The van der Waals surface area contributed by atoms with E-state index in [0.29, 0.717) is 0 Å². The van der Waals surface area contributed by atoms with Gasteiger partial charge in [-0.05, 0) is 19.4 Å². The van der Waals surface area contributed by atoms with E-state index in [1.54, 1.807) is 0 Å². The van der Waals surface area contributed by atoms with Crippen molar-refractivity contribution in [1.82, 2.24) is 19.5 Å². The molecule has 6 heteroatoms. The summed E-state index contributed by atoms with van der Waals surface area (Å²) in [5, 5.41) is 13.9. The van der Waals surface area contributed by atoms with Crippen LogP contribution in [0.5, 0.6) is 0 Å². The molecule has 3 heterocycles. The fourth-order valence-corrected chi connectivity index (χ4v) is 3.08. The number of fused-ring (bicyclic) bond motifs is 1. The molecule has 3 rings (SSSR count). The van der Waals surface area contributed by atoms with Gasteiger partial charge in [0, 0.05) is 44.6 Å². The Morgan fingerprint density at radius 3 is 2.71 bits per heavy atom. The first kappa shape index (κ1) is 14.3. The summed E-state index contributed by atoms with van der Waals surface area (Å²) in [4.78, 5) is 9.24. The van der Waals surface area contributed by atoms with Crippen LogP contribution in [0.2, 0.25) is 0 Å². The summed E-state index contributed by atoms with van der Waals surface area (Å²) >= 11 is 0. The summed E-state index contributed by atoms with van der Waals surface area (Å²) in [6.07, 6.45) is 4.69. The third kappa shape index (κ3) is 2.73. The van der Waals surface area contributed by atoms with Gasteiger partial charge < -0.3 is 10.0 Å². The average Bonchev–Trinajstić information content (AvgIpc) is 2.89. The van der Waals surface area contributed by atoms with E-state index < -0.39 is 0 Å². The van der Waals surface area contributed by atoms with Crippen molar-refractivity contribution >= 4 is 11.3 Å². The van der Waals surface area contributed by atoms with E-state index in [2.05, 4.69) is 32.9 Å². The highest BCUT2D eigenvalue weighted by Gasteiger charge is 2.24. The van der Waals surface area contributed by atoms with Crippen LogP contribution in [0, 0.1) is 6.92 Å². The van der Waals surface area contributed by atoms with Gasteiger partial charge in [0.25, 0.3) is 0 Å². The number of anilines is 1. The molecule has 0 spiro atoms. The summed E-state index contributed by atoms with van der Waals surface area (Å²) in [5.74, 6) is 1.01. The van der Waals surface area contributed by atoms with Crippen molar-refractivity contribution in [3.63, 3.8) is 0 Å². The Bertz CT molecular complexity index is 599. The fourth-order valence-electron chi connectivity index (χ4n) is 3.08. The first-order chi connectivity index (χ1) is 10.2. The zero-order chi connectivity index (χ0) is 14.8. The number of nitrogens with zero attached hydrogens (tertiary/aromatic N) is 5. The number of hydrogen-bond donors (Lipinski definition) is 1. The number of piperazine rings is 1. The second-order valence-corrected chi connectivity index (χ2v) is 5.63. The normalized spacial score (nSPS) is 18.3. The lowest BCUT2D eigenvalue weighted by Crippen LogP contribution is -2.51. The summed E-state index contributed by atoms with van der Waals surface area (Å²) < 4.78 is 1.90. The second kappa shape index (κ2) is 5.99. The molecular weight excluding hydrogens is 266 g/mol. The largest absolute Gasteiger partial charge is 0.395 e. The summed E-state index contributed by atoms with van der Waals surface area (Å²) in [6.45, 7) is 8.18. The van der Waals surface area contributed by atoms with E-state index in [4.69, 9.17) is 0 Å². The number of aryl methyl sites for hydroxylation is 1. The Kier molecular flexibility index (Phi) is 4.07. The molecule has 0 aliphatic carbocycles. The molecule has 114 valence electrons. The molecule has 1 N–H and O–H groups in total. The number of aliphatic hydroxyl groups excluding tert-OH is 1. The number of hydrogen-bond acceptors (Lipinski definition) is 5. The molecule has 2 aromatic rings. The monoisotopic (exact) mass is 289 g/mol. The quantitative estimate of drug-likeness (QED) is 0.907. The van der Waals surface area contributed by atoms with Crippen molar-refractivity contribution in [3.8, 4) is 0 Å². The zero-order valence-electron chi connectivity index (χ0n) is 12.7. The zero-order valence-corrected chi connectivity index (χ0v) is 12.7. The molecular formula is C15H23N5O. The Morgan fingerprint density at radius 2 is 2.05 bits per heavy atom. The molecule has 1 aliphatic rings. The van der Waals surface area contributed by atoms with Gasteiger partial charge in [0.1, 0.15) is 5.52 Å². The molecule has 0 saturated carbocycles. The van der Waals surface area contributed by atoms with Crippen LogP contribution >= 0.6 is 0 Å². The molecule has 1 fully saturated rings. The Morgan fingerprint density at radius 1 is 1.29 bits per heavy atom. The van der Waals surface area contributed by atoms with Gasteiger partial charge in [-0.2, -0.15) is 5.10 Å². The van der Waals surface area contributed by atoms with Crippen LogP contribution in [-0.4, -0.2) is 63.4 Å². The summed E-state index contributed by atoms with van der Waals surface area (Å²) in [7, 11) is 0. The molecule has 2 aromatic heterocycles. The van der Waals surface area contributed by atoms with Crippen LogP contribution < -0.4 is 4.90 Å². The van der Waals surface area contributed by atoms with Gasteiger partial charge in [0.2, 0.25) is 0 Å². The molecule has 1 unspecified atom stereocenters. The maximum absolute atomic E-state index is 9.43. The van der Waals surface area contributed by atoms with Crippen LogP contribution in [-0.2, 0) is 0 Å². The predicted molar refractivity (Wildman–Crippen MR) is 82.7 cm³/mol. The lowest BCUT2D eigenvalue weighted by molar-refractivity contribution is 0.114. The maximum atomic E-state index is 9.43. The predicted octanol–water partition coefficient (Wildman–Crippen LogP) is 0.931. The molecule has 1 saturated heterocycles. The summed E-state index contributed by atoms with van der Waals surface area (Å²) in [5.41, 5.74) is 2.08. The number of aliphatic hydroxyl groups is 1. The molecule has 0 amide bonds. The highest BCUT2D eigenvalue weighted by molar-refractivity contribution is 5.69. The molecule has 1 aliphatic heterocycles. The minimum Gasteiger partial charge on any atom is -0.395 e. The summed E-state index contributed by atoms with van der Waals surface area (Å²) in [6, 6.07) is 2.37. The van der Waals surface area contributed by atoms with E-state index in [1.807, 2.05) is 23.8 Å². The van der Waals surface area contributed by atoms with Crippen molar-refractivity contribution in [2.45, 2.75) is 26.3 Å². The van der Waals surface area contributed by atoms with Gasteiger partial charge in [-0.25, -0.2) is 9.50 Å². The van der Waals surface area contributed by atoms with Gasteiger partial charge >= 0.3 is 0 Å². The van der Waals surface area contributed by atoms with E-state index in [9.17, 15) is 5.11 Å². The number of rotatable bonds is 4. The average molecular weight is 289 g/mol. The molecule has 0 radical (unpaired) electrons. The topological polar surface area (TPSA) is 56.9 Å². The smallest absolute Gasteiger partial charge is 0.154 e. The standard InChI is InChI=1S/C15H23N5O/c1-3-13(11-21)18-6-8-19(9-7-18)15-14-10-12(2)17-20(14)5-4-16-15/h4-5,10,13,21H,3,6-9,11H2,1-2H3. The molecule has 0 aromatic carbocycles. The van der Waals surface area contributed by atoms with Gasteiger partial charge in [-0.15, -0.1) is 0 Å². The van der Waals surface area contributed by atoms with Crippen molar-refractivity contribution < 1.29 is 5.11 Å². The fraction of sp³-hybridized carbons (Fsp3) is 0.600. The molecule has 1 atom stereocenters. The first-order valence-electron chi connectivity index (χ1n) is 7.63. The number of aromatic nitrogens is 3. The van der Waals surface area contributed by atoms with Crippen molar-refractivity contribution in [2.75, 3.05) is 37.7 Å². The van der Waals surface area contributed by atoms with Crippen molar-refractivity contribution in [2.24, 2.45) is 0 Å². The Hall–Kier alpha value is -1.66. The molecule has 6 nitrogen and oxygen atoms in total. The lowest BCUT2D eigenvalue weighted by atomic mass is 10.1. The highest BCUT2D eigenvalue weighted by Crippen LogP contribution is 2.21. The first-order valence-corrected chi connectivity index (χ1v) is 7.63. The van der Waals surface area contributed by atoms with Crippen LogP contribution in [0.15, 0.2) is 18.5 Å². The third-order valence-corrected chi connectivity index (χ3v) is 4.30. The van der Waals surface area contributed by atoms with E-state index in [0.717, 1.165) is 49.6 Å². The molecule has 21 heavy (non-hydrogen) atoms. The third-order valence-electron chi connectivity index (χ3n) is 4.30. The van der Waals surface area contributed by atoms with E-state index >= 15 is 0 Å². The highest BCUT2D eigenvalue weighted by atomic mass is 16.3. The minimum atomic E-state index is 0.242. The van der Waals surface area contributed by atoms with Crippen molar-refractivity contribution in [1.29, 1.82) is 0 Å².